The second-order valence-electron chi connectivity index (χ2n) is 5.56. The van der Waals surface area contributed by atoms with Crippen molar-refractivity contribution in [3.8, 4) is 0 Å². The number of benzene rings is 1. The summed E-state index contributed by atoms with van der Waals surface area (Å²) in [6.45, 7) is 7.36. The summed E-state index contributed by atoms with van der Waals surface area (Å²) in [6, 6.07) is 9.67. The summed E-state index contributed by atoms with van der Waals surface area (Å²) in [6.07, 6.45) is -0.699. The van der Waals surface area contributed by atoms with Crippen LogP contribution in [0.4, 0.5) is 0 Å². The van der Waals surface area contributed by atoms with Crippen molar-refractivity contribution in [3.63, 3.8) is 0 Å². The molecule has 18 heavy (non-hydrogen) atoms. The zero-order valence-electron chi connectivity index (χ0n) is 11.5. The highest BCUT2D eigenvalue weighted by molar-refractivity contribution is 5.70. The van der Waals surface area contributed by atoms with Crippen molar-refractivity contribution in [3.05, 3.63) is 35.9 Å². The Labute approximate surface area is 109 Å². The summed E-state index contributed by atoms with van der Waals surface area (Å²) in [7, 11) is 0. The van der Waals surface area contributed by atoms with Gasteiger partial charge in [-0.15, -0.1) is 0 Å². The predicted octanol–water partition coefficient (Wildman–Crippen LogP) is 2.88. The normalized spacial score (nSPS) is 14.9. The third-order valence-electron chi connectivity index (χ3n) is 2.70. The maximum absolute atomic E-state index is 11.6. The SMILES string of the molecule is C[C@@H](c1ccccc1)[C@@H](O)CC(=O)OC(C)(C)C. The van der Waals surface area contributed by atoms with Crippen LogP contribution in [0, 0.1) is 0 Å². The molecule has 1 aromatic rings. The van der Waals surface area contributed by atoms with Crippen LogP contribution >= 0.6 is 0 Å². The van der Waals surface area contributed by atoms with Gasteiger partial charge in [0.15, 0.2) is 0 Å². The highest BCUT2D eigenvalue weighted by Gasteiger charge is 2.23. The summed E-state index contributed by atoms with van der Waals surface area (Å²) in [5, 5.41) is 10.0. The molecule has 0 fully saturated rings. The van der Waals surface area contributed by atoms with Crippen molar-refractivity contribution in [2.24, 2.45) is 0 Å². The first-order valence-electron chi connectivity index (χ1n) is 6.24. The van der Waals surface area contributed by atoms with Gasteiger partial charge in [-0.3, -0.25) is 4.79 Å². The molecular weight excluding hydrogens is 228 g/mol. The molecule has 0 bridgehead atoms. The summed E-state index contributed by atoms with van der Waals surface area (Å²) < 4.78 is 5.20. The molecule has 0 unspecified atom stereocenters. The van der Waals surface area contributed by atoms with E-state index in [9.17, 15) is 9.90 Å². The van der Waals surface area contributed by atoms with E-state index in [1.54, 1.807) is 0 Å². The third-order valence-corrected chi connectivity index (χ3v) is 2.70. The molecule has 1 aromatic carbocycles. The standard InChI is InChI=1S/C15H22O3/c1-11(12-8-6-5-7-9-12)13(16)10-14(17)18-15(2,3)4/h5-9,11,13,16H,10H2,1-4H3/t11-,13-/m0/s1. The fraction of sp³-hybridized carbons (Fsp3) is 0.533. The second kappa shape index (κ2) is 6.01. The van der Waals surface area contributed by atoms with Gasteiger partial charge in [0.1, 0.15) is 5.60 Å². The molecule has 3 nitrogen and oxygen atoms in total. The van der Waals surface area contributed by atoms with E-state index in [4.69, 9.17) is 4.74 Å². The Hall–Kier alpha value is -1.35. The number of carbonyl (C=O) groups excluding carboxylic acids is 1. The van der Waals surface area contributed by atoms with Gasteiger partial charge in [0.25, 0.3) is 0 Å². The minimum Gasteiger partial charge on any atom is -0.460 e. The Balaban J connectivity index is 2.55. The summed E-state index contributed by atoms with van der Waals surface area (Å²) in [5.41, 5.74) is 0.515. The van der Waals surface area contributed by atoms with Crippen LogP contribution in [0.15, 0.2) is 30.3 Å². The van der Waals surface area contributed by atoms with E-state index in [-0.39, 0.29) is 18.3 Å². The number of aliphatic hydroxyl groups is 1. The van der Waals surface area contributed by atoms with Crippen molar-refractivity contribution in [2.75, 3.05) is 0 Å². The Morgan fingerprint density at radius 3 is 2.33 bits per heavy atom. The van der Waals surface area contributed by atoms with E-state index in [0.717, 1.165) is 5.56 Å². The fourth-order valence-corrected chi connectivity index (χ4v) is 1.71. The smallest absolute Gasteiger partial charge is 0.308 e. The molecule has 0 saturated carbocycles. The van der Waals surface area contributed by atoms with Gasteiger partial charge in [0, 0.05) is 5.92 Å². The second-order valence-corrected chi connectivity index (χ2v) is 5.56. The Kier molecular flexibility index (Phi) is 4.91. The molecule has 3 heteroatoms. The van der Waals surface area contributed by atoms with Crippen molar-refractivity contribution in [1.29, 1.82) is 0 Å². The number of hydrogen-bond donors (Lipinski definition) is 1. The lowest BCUT2D eigenvalue weighted by Crippen LogP contribution is -2.28. The monoisotopic (exact) mass is 250 g/mol. The Morgan fingerprint density at radius 2 is 1.83 bits per heavy atom. The minimum atomic E-state index is -0.720. The van der Waals surface area contributed by atoms with Gasteiger partial charge < -0.3 is 9.84 Å². The maximum Gasteiger partial charge on any atom is 0.308 e. The largest absolute Gasteiger partial charge is 0.460 e. The average Bonchev–Trinajstić information content (AvgIpc) is 2.26. The number of carbonyl (C=O) groups is 1. The molecular formula is C15H22O3. The van der Waals surface area contributed by atoms with Crippen LogP contribution < -0.4 is 0 Å². The summed E-state index contributed by atoms with van der Waals surface area (Å²) >= 11 is 0. The Bertz CT molecular complexity index is 378. The minimum absolute atomic E-state index is 0.0212. The molecule has 0 aliphatic rings. The van der Waals surface area contributed by atoms with Crippen molar-refractivity contribution >= 4 is 5.97 Å². The lowest BCUT2D eigenvalue weighted by molar-refractivity contribution is -0.157. The number of rotatable bonds is 4. The van der Waals surface area contributed by atoms with E-state index in [1.165, 1.54) is 0 Å². The van der Waals surface area contributed by atoms with Gasteiger partial charge >= 0.3 is 5.97 Å². The van der Waals surface area contributed by atoms with Crippen molar-refractivity contribution < 1.29 is 14.6 Å². The molecule has 0 aromatic heterocycles. The van der Waals surface area contributed by atoms with Crippen molar-refractivity contribution in [1.82, 2.24) is 0 Å². The first-order chi connectivity index (χ1) is 8.29. The van der Waals surface area contributed by atoms with Crippen molar-refractivity contribution in [2.45, 2.75) is 51.7 Å². The van der Waals surface area contributed by atoms with Gasteiger partial charge in [-0.1, -0.05) is 37.3 Å². The van der Waals surface area contributed by atoms with E-state index in [1.807, 2.05) is 58.0 Å². The van der Waals surface area contributed by atoms with Gasteiger partial charge in [0.05, 0.1) is 12.5 Å². The van der Waals surface area contributed by atoms with Crippen LogP contribution in [0.2, 0.25) is 0 Å². The zero-order valence-corrected chi connectivity index (χ0v) is 11.5. The first-order valence-corrected chi connectivity index (χ1v) is 6.24. The number of esters is 1. The molecule has 1 N–H and O–H groups in total. The molecule has 0 spiro atoms. The van der Waals surface area contributed by atoms with Gasteiger partial charge in [-0.05, 0) is 26.3 Å². The quantitative estimate of drug-likeness (QED) is 0.836. The van der Waals surface area contributed by atoms with Crippen LogP contribution in [0.25, 0.3) is 0 Å². The zero-order chi connectivity index (χ0) is 13.8. The lowest BCUT2D eigenvalue weighted by atomic mass is 9.93. The highest BCUT2D eigenvalue weighted by atomic mass is 16.6. The number of hydrogen-bond acceptors (Lipinski definition) is 3. The topological polar surface area (TPSA) is 46.5 Å². The lowest BCUT2D eigenvalue weighted by Gasteiger charge is -2.23. The summed E-state index contributed by atoms with van der Waals surface area (Å²) in [5.74, 6) is -0.448. The summed E-state index contributed by atoms with van der Waals surface area (Å²) in [4.78, 5) is 11.6. The average molecular weight is 250 g/mol. The van der Waals surface area contributed by atoms with Gasteiger partial charge in [0.2, 0.25) is 0 Å². The van der Waals surface area contributed by atoms with Crippen LogP contribution in [0.5, 0.6) is 0 Å². The molecule has 0 saturated heterocycles. The number of aliphatic hydroxyl groups excluding tert-OH is 1. The molecule has 0 heterocycles. The molecule has 0 aliphatic heterocycles. The van der Waals surface area contributed by atoms with Crippen LogP contribution in [-0.4, -0.2) is 22.8 Å². The van der Waals surface area contributed by atoms with E-state index >= 15 is 0 Å². The van der Waals surface area contributed by atoms with E-state index < -0.39 is 11.7 Å². The maximum atomic E-state index is 11.6. The Morgan fingerprint density at radius 1 is 1.28 bits per heavy atom. The molecule has 0 radical (unpaired) electrons. The molecule has 0 amide bonds. The van der Waals surface area contributed by atoms with Crippen LogP contribution in [-0.2, 0) is 9.53 Å². The first kappa shape index (κ1) is 14.7. The van der Waals surface area contributed by atoms with Crippen LogP contribution in [0.3, 0.4) is 0 Å². The molecule has 2 atom stereocenters. The molecule has 100 valence electrons. The van der Waals surface area contributed by atoms with E-state index in [0.29, 0.717) is 0 Å². The molecule has 0 aliphatic carbocycles. The highest BCUT2D eigenvalue weighted by Crippen LogP contribution is 2.22. The predicted molar refractivity (Wildman–Crippen MR) is 71.3 cm³/mol. The molecule has 1 rings (SSSR count). The number of ether oxygens (including phenoxy) is 1. The fourth-order valence-electron chi connectivity index (χ4n) is 1.71. The third kappa shape index (κ3) is 4.88. The van der Waals surface area contributed by atoms with E-state index in [2.05, 4.69) is 0 Å². The van der Waals surface area contributed by atoms with Crippen LogP contribution in [0.1, 0.15) is 45.6 Å². The van der Waals surface area contributed by atoms with Gasteiger partial charge in [-0.25, -0.2) is 0 Å². The van der Waals surface area contributed by atoms with Gasteiger partial charge in [-0.2, -0.15) is 0 Å².